The molecule has 0 saturated carbocycles. The number of carboxylic acid groups (broad SMARTS) is 1. The highest BCUT2D eigenvalue weighted by Crippen LogP contribution is 1.99. The maximum atomic E-state index is 10.5. The van der Waals surface area contributed by atoms with Crippen LogP contribution >= 0.6 is 0 Å². The number of carboxylic acids is 1. The normalized spacial score (nSPS) is 11.7. The van der Waals surface area contributed by atoms with Crippen molar-refractivity contribution in [3.05, 3.63) is 0 Å². The molecule has 76 valence electrons. The van der Waals surface area contributed by atoms with Crippen LogP contribution in [-0.4, -0.2) is 23.3 Å². The summed E-state index contributed by atoms with van der Waals surface area (Å²) in [5, 5.41) is 8.65. The molecule has 13 heavy (non-hydrogen) atoms. The zero-order valence-corrected chi connectivity index (χ0v) is 8.55. The Bertz CT molecular complexity index is 176. The minimum Gasteiger partial charge on any atom is -0.477 e. The van der Waals surface area contributed by atoms with Gasteiger partial charge in [-0.15, -0.1) is 0 Å². The van der Waals surface area contributed by atoms with Gasteiger partial charge in [-0.25, -0.2) is 4.79 Å². The van der Waals surface area contributed by atoms with Crippen LogP contribution in [0.1, 0.15) is 46.0 Å². The smallest absolute Gasteiger partial charge is 0.349 e. The number of hydrogen-bond donors (Lipinski definition) is 1. The van der Waals surface area contributed by atoms with Crippen molar-refractivity contribution in [2.75, 3.05) is 6.54 Å². The van der Waals surface area contributed by atoms with Gasteiger partial charge in [0.15, 0.2) is 0 Å². The fourth-order valence-corrected chi connectivity index (χ4v) is 1.08. The van der Waals surface area contributed by atoms with Crippen LogP contribution in [0, 0.1) is 0 Å². The molecule has 0 aromatic carbocycles. The quantitative estimate of drug-likeness (QED) is 0.489. The van der Waals surface area contributed by atoms with Crippen molar-refractivity contribution in [1.82, 2.24) is 0 Å². The summed E-state index contributed by atoms with van der Waals surface area (Å²) in [7, 11) is 0. The van der Waals surface area contributed by atoms with E-state index in [0.717, 1.165) is 12.8 Å². The van der Waals surface area contributed by atoms with E-state index in [0.29, 0.717) is 18.7 Å². The molecule has 0 radical (unpaired) electrons. The second kappa shape index (κ2) is 7.77. The molecule has 0 aliphatic carbocycles. The molecular weight excluding hydrogens is 166 g/mol. The summed E-state index contributed by atoms with van der Waals surface area (Å²) < 4.78 is 0. The average Bonchev–Trinajstić information content (AvgIpc) is 2.10. The van der Waals surface area contributed by atoms with Crippen molar-refractivity contribution in [2.45, 2.75) is 46.0 Å². The lowest BCUT2D eigenvalue weighted by atomic mass is 10.2. The lowest BCUT2D eigenvalue weighted by Gasteiger charge is -1.98. The largest absolute Gasteiger partial charge is 0.477 e. The third-order valence-corrected chi connectivity index (χ3v) is 1.90. The second-order valence-electron chi connectivity index (χ2n) is 3.05. The highest BCUT2D eigenvalue weighted by atomic mass is 16.4. The van der Waals surface area contributed by atoms with Gasteiger partial charge in [0.25, 0.3) is 0 Å². The molecule has 0 aliphatic rings. The molecular formula is C10H19NO2. The van der Waals surface area contributed by atoms with Gasteiger partial charge < -0.3 is 5.11 Å². The molecule has 0 aliphatic heterocycles. The van der Waals surface area contributed by atoms with Crippen LogP contribution in [0.15, 0.2) is 4.99 Å². The Morgan fingerprint density at radius 3 is 2.38 bits per heavy atom. The van der Waals surface area contributed by atoms with Gasteiger partial charge in [-0.1, -0.05) is 33.1 Å². The highest BCUT2D eigenvalue weighted by molar-refractivity contribution is 6.35. The van der Waals surface area contributed by atoms with E-state index < -0.39 is 5.97 Å². The molecule has 1 N–H and O–H groups in total. The Kier molecular flexibility index (Phi) is 7.26. The van der Waals surface area contributed by atoms with Crippen molar-refractivity contribution in [3.63, 3.8) is 0 Å². The van der Waals surface area contributed by atoms with Gasteiger partial charge in [-0.3, -0.25) is 4.99 Å². The van der Waals surface area contributed by atoms with E-state index in [-0.39, 0.29) is 0 Å². The van der Waals surface area contributed by atoms with Crippen LogP contribution in [0.25, 0.3) is 0 Å². The van der Waals surface area contributed by atoms with Crippen molar-refractivity contribution in [1.29, 1.82) is 0 Å². The van der Waals surface area contributed by atoms with Gasteiger partial charge in [0.1, 0.15) is 5.71 Å². The molecule has 0 aromatic heterocycles. The molecule has 0 atom stereocenters. The van der Waals surface area contributed by atoms with Crippen LogP contribution < -0.4 is 0 Å². The monoisotopic (exact) mass is 185 g/mol. The van der Waals surface area contributed by atoms with Crippen LogP contribution in [0.3, 0.4) is 0 Å². The molecule has 0 rings (SSSR count). The van der Waals surface area contributed by atoms with Gasteiger partial charge >= 0.3 is 5.97 Å². The Morgan fingerprint density at radius 1 is 1.23 bits per heavy atom. The Morgan fingerprint density at radius 2 is 1.92 bits per heavy atom. The molecule has 0 spiro atoms. The maximum absolute atomic E-state index is 10.5. The molecule has 0 unspecified atom stereocenters. The molecule has 3 nitrogen and oxygen atoms in total. The first-order valence-electron chi connectivity index (χ1n) is 4.99. The number of unbranched alkanes of at least 4 members (excludes halogenated alkanes) is 3. The first-order valence-corrected chi connectivity index (χ1v) is 4.99. The van der Waals surface area contributed by atoms with Crippen LogP contribution in [0.5, 0.6) is 0 Å². The summed E-state index contributed by atoms with van der Waals surface area (Å²) in [5.74, 6) is -0.877. The molecule has 0 bridgehead atoms. The Balaban J connectivity index is 3.61. The molecule has 0 saturated heterocycles. The lowest BCUT2D eigenvalue weighted by molar-refractivity contribution is -0.129. The van der Waals surface area contributed by atoms with E-state index in [4.69, 9.17) is 5.11 Å². The molecule has 0 heterocycles. The van der Waals surface area contributed by atoms with Gasteiger partial charge in [0, 0.05) is 6.54 Å². The summed E-state index contributed by atoms with van der Waals surface area (Å²) in [4.78, 5) is 14.6. The average molecular weight is 185 g/mol. The fourth-order valence-electron chi connectivity index (χ4n) is 1.08. The van der Waals surface area contributed by atoms with Gasteiger partial charge in [0.2, 0.25) is 0 Å². The zero-order valence-electron chi connectivity index (χ0n) is 8.55. The van der Waals surface area contributed by atoms with Gasteiger partial charge in [-0.05, 0) is 12.8 Å². The van der Waals surface area contributed by atoms with Crippen LogP contribution in [0.4, 0.5) is 0 Å². The molecule has 0 amide bonds. The van der Waals surface area contributed by atoms with E-state index in [1.165, 1.54) is 12.8 Å². The predicted molar refractivity (Wildman–Crippen MR) is 54.4 cm³/mol. The predicted octanol–water partition coefficient (Wildman–Crippen LogP) is 2.50. The third-order valence-electron chi connectivity index (χ3n) is 1.90. The SMILES string of the molecule is CCCCCCN=C(CC)C(=O)O. The number of aliphatic carboxylic acids is 1. The highest BCUT2D eigenvalue weighted by Gasteiger charge is 2.04. The summed E-state index contributed by atoms with van der Waals surface area (Å²) in [5.41, 5.74) is 0.302. The van der Waals surface area contributed by atoms with Crippen molar-refractivity contribution >= 4 is 11.7 Å². The molecule has 3 heteroatoms. The van der Waals surface area contributed by atoms with Crippen molar-refractivity contribution in [3.8, 4) is 0 Å². The minimum atomic E-state index is -0.877. The van der Waals surface area contributed by atoms with Gasteiger partial charge in [0.05, 0.1) is 0 Å². The Labute approximate surface area is 79.9 Å². The first-order chi connectivity index (χ1) is 6.22. The summed E-state index contributed by atoms with van der Waals surface area (Å²) in [6.45, 7) is 4.63. The first kappa shape index (κ1) is 12.1. The van der Waals surface area contributed by atoms with E-state index >= 15 is 0 Å². The van der Waals surface area contributed by atoms with E-state index in [2.05, 4.69) is 11.9 Å². The van der Waals surface area contributed by atoms with Gasteiger partial charge in [-0.2, -0.15) is 0 Å². The molecule has 0 fully saturated rings. The van der Waals surface area contributed by atoms with E-state index in [1.807, 2.05) is 6.92 Å². The Hall–Kier alpha value is -0.860. The number of rotatable bonds is 7. The van der Waals surface area contributed by atoms with Crippen molar-refractivity contribution < 1.29 is 9.90 Å². The van der Waals surface area contributed by atoms with Crippen LogP contribution in [-0.2, 0) is 4.79 Å². The summed E-state index contributed by atoms with van der Waals surface area (Å²) in [6.07, 6.45) is 5.08. The fraction of sp³-hybridized carbons (Fsp3) is 0.800. The van der Waals surface area contributed by atoms with Crippen molar-refractivity contribution in [2.24, 2.45) is 4.99 Å². The topological polar surface area (TPSA) is 49.7 Å². The number of hydrogen-bond acceptors (Lipinski definition) is 2. The zero-order chi connectivity index (χ0) is 10.1. The molecule has 0 aromatic rings. The van der Waals surface area contributed by atoms with Crippen LogP contribution in [0.2, 0.25) is 0 Å². The number of carbonyl (C=O) groups is 1. The lowest BCUT2D eigenvalue weighted by Crippen LogP contribution is -2.12. The number of aliphatic imine (C=N–C) groups is 1. The summed E-state index contributed by atoms with van der Waals surface area (Å²) in [6, 6.07) is 0. The maximum Gasteiger partial charge on any atom is 0.349 e. The standard InChI is InChI=1S/C10H19NO2/c1-3-5-6-7-8-11-9(4-2)10(12)13/h3-8H2,1-2H3,(H,12,13). The van der Waals surface area contributed by atoms with E-state index in [1.54, 1.807) is 0 Å². The second-order valence-corrected chi connectivity index (χ2v) is 3.05. The minimum absolute atomic E-state index is 0.302. The van der Waals surface area contributed by atoms with E-state index in [9.17, 15) is 4.79 Å². The number of nitrogens with zero attached hydrogens (tertiary/aromatic N) is 1. The summed E-state index contributed by atoms with van der Waals surface area (Å²) >= 11 is 0. The third kappa shape index (κ3) is 6.31.